The summed E-state index contributed by atoms with van der Waals surface area (Å²) in [5.41, 5.74) is 1.03. The zero-order valence-electron chi connectivity index (χ0n) is 7.02. The molecule has 2 aromatic heterocycles. The van der Waals surface area contributed by atoms with Crippen molar-refractivity contribution in [1.82, 2.24) is 0 Å². The summed E-state index contributed by atoms with van der Waals surface area (Å²) in [5, 5.41) is 19.5. The quantitative estimate of drug-likeness (QED) is 0.740. The minimum absolute atomic E-state index is 0.323. The van der Waals surface area contributed by atoms with Gasteiger partial charge in [-0.15, -0.1) is 0 Å². The SMILES string of the molecule is N#Cc1csc(-c2ccc[se]2)c1C#N. The van der Waals surface area contributed by atoms with Crippen molar-refractivity contribution in [2.75, 3.05) is 0 Å². The number of hydrogen-bond donors (Lipinski definition) is 0. The standard InChI is InChI=1S/C10H4N2SSe/c11-4-7-6-13-10(8(7)5-12)9-2-1-3-14-9/h1-3,6H. The van der Waals surface area contributed by atoms with Gasteiger partial charge >= 0.3 is 91.4 Å². The Morgan fingerprint density at radius 3 is 2.71 bits per heavy atom. The number of thiophene rings is 1. The van der Waals surface area contributed by atoms with Gasteiger partial charge in [0.2, 0.25) is 0 Å². The molecular formula is C10H4N2SSe. The van der Waals surface area contributed by atoms with Gasteiger partial charge in [-0.05, 0) is 0 Å². The Morgan fingerprint density at radius 1 is 1.29 bits per heavy atom. The van der Waals surface area contributed by atoms with E-state index in [0.717, 1.165) is 4.88 Å². The van der Waals surface area contributed by atoms with Gasteiger partial charge in [-0.25, -0.2) is 0 Å². The first-order chi connectivity index (χ1) is 6.86. The second kappa shape index (κ2) is 3.82. The third kappa shape index (κ3) is 1.41. The van der Waals surface area contributed by atoms with E-state index in [4.69, 9.17) is 10.5 Å². The molecular weight excluding hydrogens is 259 g/mol. The number of hydrogen-bond acceptors (Lipinski definition) is 3. The Labute approximate surface area is 91.4 Å². The number of rotatable bonds is 1. The van der Waals surface area contributed by atoms with E-state index in [0.29, 0.717) is 25.6 Å². The van der Waals surface area contributed by atoms with Gasteiger partial charge in [-0.1, -0.05) is 0 Å². The van der Waals surface area contributed by atoms with Crippen molar-refractivity contribution in [2.45, 2.75) is 0 Å². The second-order valence-electron chi connectivity index (χ2n) is 2.55. The number of nitrogens with zero attached hydrogens (tertiary/aromatic N) is 2. The molecule has 0 unspecified atom stereocenters. The van der Waals surface area contributed by atoms with E-state index >= 15 is 0 Å². The Kier molecular flexibility index (Phi) is 2.52. The van der Waals surface area contributed by atoms with Crippen LogP contribution in [0, 0.1) is 22.7 Å². The molecule has 4 heteroatoms. The van der Waals surface area contributed by atoms with Gasteiger partial charge in [0.05, 0.1) is 0 Å². The molecule has 0 aliphatic heterocycles. The molecule has 66 valence electrons. The van der Waals surface area contributed by atoms with Crippen LogP contribution in [0.3, 0.4) is 0 Å². The molecule has 0 N–H and O–H groups in total. The van der Waals surface area contributed by atoms with Gasteiger partial charge in [0.25, 0.3) is 0 Å². The first-order valence-electron chi connectivity index (χ1n) is 3.82. The predicted molar refractivity (Wildman–Crippen MR) is 56.1 cm³/mol. The first-order valence-corrected chi connectivity index (χ1v) is 6.55. The van der Waals surface area contributed by atoms with Crippen LogP contribution in [0.2, 0.25) is 0 Å². The van der Waals surface area contributed by atoms with Crippen LogP contribution < -0.4 is 0 Å². The molecule has 14 heavy (non-hydrogen) atoms. The molecule has 0 amide bonds. The van der Waals surface area contributed by atoms with Crippen LogP contribution in [-0.2, 0) is 0 Å². The third-order valence-electron chi connectivity index (χ3n) is 1.77. The van der Waals surface area contributed by atoms with Crippen molar-refractivity contribution in [2.24, 2.45) is 0 Å². The van der Waals surface area contributed by atoms with E-state index in [2.05, 4.69) is 11.0 Å². The van der Waals surface area contributed by atoms with Gasteiger partial charge in [-0.2, -0.15) is 0 Å². The molecule has 2 rings (SSSR count). The fourth-order valence-corrected chi connectivity index (χ4v) is 3.96. The number of nitriles is 2. The molecule has 0 aliphatic carbocycles. The van der Waals surface area contributed by atoms with Crippen LogP contribution in [0.4, 0.5) is 0 Å². The maximum absolute atomic E-state index is 8.94. The summed E-state index contributed by atoms with van der Waals surface area (Å²) >= 11 is 1.81. The molecule has 2 heterocycles. The normalized spacial score (nSPS) is 9.29. The van der Waals surface area contributed by atoms with Crippen molar-refractivity contribution < 1.29 is 0 Å². The fraction of sp³-hybridized carbons (Fsp3) is 0. The Bertz CT molecular complexity index is 525. The summed E-state index contributed by atoms with van der Waals surface area (Å²) in [6.07, 6.45) is 0. The molecule has 0 aliphatic rings. The Morgan fingerprint density at radius 2 is 2.14 bits per heavy atom. The van der Waals surface area contributed by atoms with Crippen LogP contribution in [0.5, 0.6) is 0 Å². The van der Waals surface area contributed by atoms with Crippen LogP contribution in [-0.4, -0.2) is 14.5 Å². The van der Waals surface area contributed by atoms with Crippen LogP contribution in [0.25, 0.3) is 9.31 Å². The summed E-state index contributed by atoms with van der Waals surface area (Å²) in [6, 6.07) is 8.16. The molecule has 0 saturated carbocycles. The second-order valence-corrected chi connectivity index (χ2v) is 5.42. The molecule has 0 saturated heterocycles. The summed E-state index contributed by atoms with van der Waals surface area (Å²) < 4.78 is 1.19. The zero-order chi connectivity index (χ0) is 9.97. The van der Waals surface area contributed by atoms with E-state index in [-0.39, 0.29) is 0 Å². The fourth-order valence-electron chi connectivity index (χ4n) is 1.14. The van der Waals surface area contributed by atoms with Crippen molar-refractivity contribution >= 4 is 25.8 Å². The summed E-state index contributed by atoms with van der Waals surface area (Å²) in [5.74, 6) is 0. The first kappa shape index (κ1) is 9.24. The predicted octanol–water partition coefficient (Wildman–Crippen LogP) is 2.22. The topological polar surface area (TPSA) is 47.6 Å². The molecule has 0 bridgehead atoms. The maximum atomic E-state index is 8.94. The molecule has 0 atom stereocenters. The van der Waals surface area contributed by atoms with E-state index in [1.165, 1.54) is 15.8 Å². The van der Waals surface area contributed by atoms with Gasteiger partial charge in [0.1, 0.15) is 0 Å². The molecule has 2 aromatic rings. The van der Waals surface area contributed by atoms with E-state index < -0.39 is 0 Å². The van der Waals surface area contributed by atoms with Crippen molar-refractivity contribution in [1.29, 1.82) is 10.5 Å². The van der Waals surface area contributed by atoms with Gasteiger partial charge in [0, 0.05) is 0 Å². The van der Waals surface area contributed by atoms with Crippen LogP contribution in [0.1, 0.15) is 11.1 Å². The van der Waals surface area contributed by atoms with Crippen LogP contribution in [0.15, 0.2) is 22.5 Å². The van der Waals surface area contributed by atoms with Gasteiger partial charge < -0.3 is 0 Å². The van der Waals surface area contributed by atoms with E-state index in [1.54, 1.807) is 5.38 Å². The molecule has 0 spiro atoms. The monoisotopic (exact) mass is 264 g/mol. The summed E-state index contributed by atoms with van der Waals surface area (Å²) in [7, 11) is 0. The van der Waals surface area contributed by atoms with Crippen LogP contribution >= 0.6 is 11.3 Å². The summed E-state index contributed by atoms with van der Waals surface area (Å²) in [4.78, 5) is 3.07. The molecule has 2 nitrogen and oxygen atoms in total. The Hall–Kier alpha value is -1.32. The van der Waals surface area contributed by atoms with E-state index in [9.17, 15) is 0 Å². The third-order valence-corrected chi connectivity index (χ3v) is 4.93. The van der Waals surface area contributed by atoms with Gasteiger partial charge in [0.15, 0.2) is 0 Å². The Balaban J connectivity index is 2.63. The summed E-state index contributed by atoms with van der Waals surface area (Å²) in [6.45, 7) is 0. The average Bonchev–Trinajstić information content (AvgIpc) is 2.85. The average molecular weight is 263 g/mol. The minimum atomic E-state index is 0.323. The van der Waals surface area contributed by atoms with Crippen molar-refractivity contribution in [3.8, 4) is 21.5 Å². The van der Waals surface area contributed by atoms with Gasteiger partial charge in [-0.3, -0.25) is 0 Å². The van der Waals surface area contributed by atoms with Crippen molar-refractivity contribution in [3.05, 3.63) is 33.6 Å². The van der Waals surface area contributed by atoms with E-state index in [1.807, 2.05) is 18.2 Å². The molecule has 0 radical (unpaired) electrons. The molecule has 0 fully saturated rings. The zero-order valence-corrected chi connectivity index (χ0v) is 9.55. The molecule has 0 aromatic carbocycles. The van der Waals surface area contributed by atoms with Crippen molar-refractivity contribution in [3.63, 3.8) is 0 Å².